The first-order chi connectivity index (χ1) is 8.99. The van der Waals surface area contributed by atoms with E-state index in [0.29, 0.717) is 5.56 Å². The number of nitro groups is 1. The quantitative estimate of drug-likeness (QED) is 0.689. The minimum absolute atomic E-state index is 0.0734. The number of halogens is 1. The van der Waals surface area contributed by atoms with Crippen LogP contribution < -0.4 is 0 Å². The Balaban J connectivity index is 2.41. The first kappa shape index (κ1) is 13.1. The molecule has 0 spiro atoms. The molecular weight excluding hydrogens is 272 g/mol. The van der Waals surface area contributed by atoms with Crippen molar-refractivity contribution in [2.24, 2.45) is 0 Å². The average molecular weight is 281 g/mol. The monoisotopic (exact) mass is 280 g/mol. The summed E-state index contributed by atoms with van der Waals surface area (Å²) >= 11 is 5.72. The van der Waals surface area contributed by atoms with E-state index in [-0.39, 0.29) is 22.9 Å². The van der Waals surface area contributed by atoms with Crippen LogP contribution in [0.15, 0.2) is 36.5 Å². The SMILES string of the molecule is O=C(O)c1cccn1Cc1ccc(Cl)cc1[N+](=O)[O-]. The summed E-state index contributed by atoms with van der Waals surface area (Å²) in [4.78, 5) is 21.4. The highest BCUT2D eigenvalue weighted by Gasteiger charge is 2.16. The third-order valence-electron chi connectivity index (χ3n) is 2.63. The molecule has 1 aromatic carbocycles. The number of rotatable bonds is 4. The van der Waals surface area contributed by atoms with E-state index in [1.807, 2.05) is 0 Å². The van der Waals surface area contributed by atoms with E-state index in [9.17, 15) is 14.9 Å². The summed E-state index contributed by atoms with van der Waals surface area (Å²) in [7, 11) is 0. The standard InChI is InChI=1S/C12H9ClN2O4/c13-9-4-3-8(11(6-9)15(18)19)7-14-5-1-2-10(14)12(16)17/h1-6H,7H2,(H,16,17). The maximum absolute atomic E-state index is 11.0. The van der Waals surface area contributed by atoms with Gasteiger partial charge in [0.2, 0.25) is 0 Å². The van der Waals surface area contributed by atoms with Crippen molar-refractivity contribution < 1.29 is 14.8 Å². The number of carboxylic acids is 1. The summed E-state index contributed by atoms with van der Waals surface area (Å²) in [6.07, 6.45) is 1.56. The first-order valence-corrected chi connectivity index (χ1v) is 5.68. The number of carboxylic acid groups (broad SMARTS) is 1. The van der Waals surface area contributed by atoms with Crippen LogP contribution in [0.5, 0.6) is 0 Å². The molecule has 19 heavy (non-hydrogen) atoms. The van der Waals surface area contributed by atoms with Crippen LogP contribution in [0.3, 0.4) is 0 Å². The Morgan fingerprint density at radius 1 is 1.42 bits per heavy atom. The number of carbonyl (C=O) groups is 1. The highest BCUT2D eigenvalue weighted by molar-refractivity contribution is 6.30. The fourth-order valence-electron chi connectivity index (χ4n) is 1.77. The van der Waals surface area contributed by atoms with Crippen LogP contribution in [0.25, 0.3) is 0 Å². The Morgan fingerprint density at radius 3 is 2.79 bits per heavy atom. The van der Waals surface area contributed by atoms with Crippen LogP contribution in [-0.2, 0) is 6.54 Å². The van der Waals surface area contributed by atoms with Gasteiger partial charge in [0.05, 0.1) is 11.5 Å². The fraction of sp³-hybridized carbons (Fsp3) is 0.0833. The van der Waals surface area contributed by atoms with Gasteiger partial charge >= 0.3 is 5.97 Å². The zero-order valence-corrected chi connectivity index (χ0v) is 10.4. The van der Waals surface area contributed by atoms with Crippen LogP contribution in [0.2, 0.25) is 5.02 Å². The van der Waals surface area contributed by atoms with Crippen LogP contribution in [-0.4, -0.2) is 20.6 Å². The molecular formula is C12H9ClN2O4. The third-order valence-corrected chi connectivity index (χ3v) is 2.87. The van der Waals surface area contributed by atoms with E-state index in [2.05, 4.69) is 0 Å². The van der Waals surface area contributed by atoms with Crippen LogP contribution >= 0.6 is 11.6 Å². The van der Waals surface area contributed by atoms with Crippen LogP contribution in [0.1, 0.15) is 16.1 Å². The van der Waals surface area contributed by atoms with Crippen molar-refractivity contribution in [3.63, 3.8) is 0 Å². The second kappa shape index (κ2) is 5.11. The molecule has 0 unspecified atom stereocenters. The topological polar surface area (TPSA) is 85.4 Å². The molecule has 0 atom stereocenters. The van der Waals surface area contributed by atoms with Crippen LogP contribution in [0.4, 0.5) is 5.69 Å². The number of nitrogens with zero attached hydrogens (tertiary/aromatic N) is 2. The van der Waals surface area contributed by atoms with Gasteiger partial charge in [-0.1, -0.05) is 11.6 Å². The summed E-state index contributed by atoms with van der Waals surface area (Å²) in [5.74, 6) is -1.08. The Bertz CT molecular complexity index is 651. The van der Waals surface area contributed by atoms with Crippen LogP contribution in [0, 0.1) is 10.1 Å². The van der Waals surface area contributed by atoms with Gasteiger partial charge in [0.15, 0.2) is 0 Å². The van der Waals surface area contributed by atoms with Crippen molar-refractivity contribution in [3.8, 4) is 0 Å². The lowest BCUT2D eigenvalue weighted by molar-refractivity contribution is -0.385. The summed E-state index contributed by atoms with van der Waals surface area (Å²) in [6.45, 7) is 0.0993. The highest BCUT2D eigenvalue weighted by atomic mass is 35.5. The van der Waals surface area contributed by atoms with Gasteiger partial charge < -0.3 is 9.67 Å². The molecule has 0 bridgehead atoms. The summed E-state index contributed by atoms with van der Waals surface area (Å²) in [5.41, 5.74) is 0.342. The average Bonchev–Trinajstić information content (AvgIpc) is 2.79. The molecule has 1 aromatic heterocycles. The molecule has 0 fully saturated rings. The number of hydrogen-bond acceptors (Lipinski definition) is 3. The number of benzene rings is 1. The maximum Gasteiger partial charge on any atom is 0.352 e. The molecule has 0 aliphatic rings. The molecule has 1 heterocycles. The Labute approximate surface area is 113 Å². The van der Waals surface area contributed by atoms with Gasteiger partial charge in [0.1, 0.15) is 5.69 Å². The van der Waals surface area contributed by atoms with Crippen molar-refractivity contribution >= 4 is 23.3 Å². The molecule has 0 radical (unpaired) electrons. The molecule has 0 aliphatic carbocycles. The molecule has 2 aromatic rings. The predicted molar refractivity (Wildman–Crippen MR) is 68.6 cm³/mol. The predicted octanol–water partition coefficient (Wildman–Crippen LogP) is 2.80. The lowest BCUT2D eigenvalue weighted by atomic mass is 10.2. The van der Waals surface area contributed by atoms with Gasteiger partial charge in [0, 0.05) is 22.8 Å². The van der Waals surface area contributed by atoms with E-state index < -0.39 is 10.9 Å². The second-order valence-electron chi connectivity index (χ2n) is 3.86. The zero-order valence-electron chi connectivity index (χ0n) is 9.62. The van der Waals surface area contributed by atoms with Gasteiger partial charge in [-0.15, -0.1) is 0 Å². The maximum atomic E-state index is 11.0. The Kier molecular flexibility index (Phi) is 3.52. The summed E-state index contributed by atoms with van der Waals surface area (Å²) in [5, 5.41) is 20.2. The van der Waals surface area contributed by atoms with Gasteiger partial charge in [-0.2, -0.15) is 0 Å². The van der Waals surface area contributed by atoms with Gasteiger partial charge in [-0.05, 0) is 24.3 Å². The number of nitro benzene ring substituents is 1. The van der Waals surface area contributed by atoms with E-state index in [1.165, 1.54) is 28.8 Å². The normalized spacial score (nSPS) is 10.4. The molecule has 98 valence electrons. The van der Waals surface area contributed by atoms with Gasteiger partial charge in [-0.25, -0.2) is 4.79 Å². The molecule has 0 saturated heterocycles. The first-order valence-electron chi connectivity index (χ1n) is 5.30. The fourth-order valence-corrected chi connectivity index (χ4v) is 1.94. The van der Waals surface area contributed by atoms with Crippen molar-refractivity contribution in [3.05, 3.63) is 62.9 Å². The Hall–Kier alpha value is -2.34. The van der Waals surface area contributed by atoms with E-state index >= 15 is 0 Å². The lowest BCUT2D eigenvalue weighted by Crippen LogP contribution is -2.09. The van der Waals surface area contributed by atoms with E-state index in [1.54, 1.807) is 12.3 Å². The zero-order chi connectivity index (χ0) is 14.0. The third kappa shape index (κ3) is 2.74. The lowest BCUT2D eigenvalue weighted by Gasteiger charge is -2.07. The molecule has 2 rings (SSSR count). The molecule has 0 aliphatic heterocycles. The Morgan fingerprint density at radius 2 is 2.16 bits per heavy atom. The molecule has 0 amide bonds. The van der Waals surface area contributed by atoms with Crippen molar-refractivity contribution in [2.75, 3.05) is 0 Å². The van der Waals surface area contributed by atoms with Crippen molar-refractivity contribution in [1.29, 1.82) is 0 Å². The molecule has 0 saturated carbocycles. The summed E-state index contributed by atoms with van der Waals surface area (Å²) in [6, 6.07) is 7.32. The smallest absolute Gasteiger partial charge is 0.352 e. The van der Waals surface area contributed by atoms with Gasteiger partial charge in [0.25, 0.3) is 5.69 Å². The molecule has 1 N–H and O–H groups in total. The van der Waals surface area contributed by atoms with Gasteiger partial charge in [-0.3, -0.25) is 10.1 Å². The van der Waals surface area contributed by atoms with E-state index in [4.69, 9.17) is 16.7 Å². The second-order valence-corrected chi connectivity index (χ2v) is 4.29. The number of hydrogen-bond donors (Lipinski definition) is 1. The highest BCUT2D eigenvalue weighted by Crippen LogP contribution is 2.24. The molecule has 6 nitrogen and oxygen atoms in total. The minimum Gasteiger partial charge on any atom is -0.477 e. The largest absolute Gasteiger partial charge is 0.477 e. The van der Waals surface area contributed by atoms with Crippen molar-refractivity contribution in [1.82, 2.24) is 4.57 Å². The number of aromatic nitrogens is 1. The molecule has 7 heteroatoms. The number of aromatic carboxylic acids is 1. The minimum atomic E-state index is -1.08. The van der Waals surface area contributed by atoms with E-state index in [0.717, 1.165) is 0 Å². The van der Waals surface area contributed by atoms with Crippen molar-refractivity contribution in [2.45, 2.75) is 6.54 Å². The summed E-state index contributed by atoms with van der Waals surface area (Å²) < 4.78 is 1.43.